The van der Waals surface area contributed by atoms with Crippen molar-refractivity contribution in [1.82, 2.24) is 10.2 Å². The van der Waals surface area contributed by atoms with Crippen molar-refractivity contribution in [1.29, 1.82) is 0 Å². The van der Waals surface area contributed by atoms with E-state index in [-0.39, 0.29) is 23.0 Å². The molecule has 0 fully saturated rings. The van der Waals surface area contributed by atoms with Crippen molar-refractivity contribution < 1.29 is 27.1 Å². The van der Waals surface area contributed by atoms with E-state index < -0.39 is 39.9 Å². The maximum atomic E-state index is 13.9. The highest BCUT2D eigenvalue weighted by molar-refractivity contribution is 7.92. The van der Waals surface area contributed by atoms with Crippen LogP contribution in [0.3, 0.4) is 0 Å². The lowest BCUT2D eigenvalue weighted by Crippen LogP contribution is -2.55. The van der Waals surface area contributed by atoms with Crippen LogP contribution in [0.5, 0.6) is 5.75 Å². The summed E-state index contributed by atoms with van der Waals surface area (Å²) in [6.45, 7) is 8.97. The van der Waals surface area contributed by atoms with Crippen molar-refractivity contribution >= 4 is 27.5 Å². The molecule has 0 unspecified atom stereocenters. The number of amides is 2. The third kappa shape index (κ3) is 8.78. The van der Waals surface area contributed by atoms with E-state index in [1.54, 1.807) is 6.92 Å². The predicted molar refractivity (Wildman–Crippen MR) is 158 cm³/mol. The third-order valence-corrected chi connectivity index (χ3v) is 8.05. The molecule has 220 valence electrons. The molecule has 0 aromatic heterocycles. The Balaban J connectivity index is 1.98. The maximum Gasteiger partial charge on any atom is 0.264 e. The predicted octanol–water partition coefficient (Wildman–Crippen LogP) is 4.79. The molecule has 0 radical (unpaired) electrons. The Labute approximate surface area is 242 Å². The summed E-state index contributed by atoms with van der Waals surface area (Å²) in [5, 5.41) is 2.90. The Morgan fingerprint density at radius 3 is 2.12 bits per heavy atom. The minimum absolute atomic E-state index is 0.0626. The fourth-order valence-corrected chi connectivity index (χ4v) is 5.60. The van der Waals surface area contributed by atoms with Crippen molar-refractivity contribution in [2.75, 3.05) is 24.0 Å². The number of carbonyl (C=O) groups excluding carboxylic acids is 2. The van der Waals surface area contributed by atoms with Gasteiger partial charge in [0, 0.05) is 12.1 Å². The van der Waals surface area contributed by atoms with Crippen molar-refractivity contribution in [3.05, 3.63) is 90.2 Å². The molecule has 41 heavy (non-hydrogen) atoms. The summed E-state index contributed by atoms with van der Waals surface area (Å²) in [6, 6.07) is 19.4. The van der Waals surface area contributed by atoms with E-state index in [0.717, 1.165) is 22.0 Å². The van der Waals surface area contributed by atoms with Crippen LogP contribution in [-0.4, -0.2) is 56.4 Å². The lowest BCUT2D eigenvalue weighted by atomic mass is 10.1. The molecule has 3 rings (SSSR count). The van der Waals surface area contributed by atoms with E-state index in [0.29, 0.717) is 18.8 Å². The molecular weight excluding hydrogens is 545 g/mol. The van der Waals surface area contributed by atoms with Crippen molar-refractivity contribution in [3.8, 4) is 5.75 Å². The first-order valence-corrected chi connectivity index (χ1v) is 14.9. The number of nitrogens with one attached hydrogen (secondary N) is 1. The molecule has 10 heteroatoms. The summed E-state index contributed by atoms with van der Waals surface area (Å²) in [7, 11) is -4.26. The molecule has 2 amide bonds. The van der Waals surface area contributed by atoms with Gasteiger partial charge in [-0.15, -0.1) is 0 Å². The van der Waals surface area contributed by atoms with Crippen LogP contribution in [0.15, 0.2) is 83.8 Å². The van der Waals surface area contributed by atoms with Gasteiger partial charge in [0.15, 0.2) is 0 Å². The number of sulfonamides is 1. The molecule has 0 aliphatic rings. The number of halogens is 1. The van der Waals surface area contributed by atoms with E-state index in [4.69, 9.17) is 4.74 Å². The molecule has 0 bridgehead atoms. The fourth-order valence-electron chi connectivity index (χ4n) is 4.18. The van der Waals surface area contributed by atoms with Gasteiger partial charge in [-0.1, -0.05) is 30.3 Å². The average molecular weight is 584 g/mol. The Morgan fingerprint density at radius 1 is 0.951 bits per heavy atom. The van der Waals surface area contributed by atoms with Gasteiger partial charge in [0.1, 0.15) is 24.2 Å². The zero-order valence-corrected chi connectivity index (χ0v) is 24.9. The monoisotopic (exact) mass is 583 g/mol. The molecular formula is C31H38FN3O5S. The van der Waals surface area contributed by atoms with Gasteiger partial charge in [-0.25, -0.2) is 12.8 Å². The zero-order valence-electron chi connectivity index (χ0n) is 24.1. The number of benzene rings is 3. The molecule has 3 aromatic carbocycles. The van der Waals surface area contributed by atoms with Crippen molar-refractivity contribution in [3.63, 3.8) is 0 Å². The highest BCUT2D eigenvalue weighted by Crippen LogP contribution is 2.26. The van der Waals surface area contributed by atoms with Crippen LogP contribution in [0.4, 0.5) is 10.1 Å². The standard InChI is InChI=1S/C31H38FN3O5S/c1-6-40-27-16-18-28(19-17-27)41(38,39)35(26-14-12-25(32)13-15-26)22-29(36)34(21-20-24-10-8-7-9-11-24)23(2)30(37)33-31(3,4)5/h7-19,23H,6,20-22H2,1-5H3,(H,33,37)/t23-/m1/s1. The first-order chi connectivity index (χ1) is 19.3. The molecule has 3 aromatic rings. The van der Waals surface area contributed by atoms with Gasteiger partial charge in [0.2, 0.25) is 11.8 Å². The highest BCUT2D eigenvalue weighted by Gasteiger charge is 2.33. The summed E-state index contributed by atoms with van der Waals surface area (Å²) >= 11 is 0. The second-order valence-corrected chi connectivity index (χ2v) is 12.5. The van der Waals surface area contributed by atoms with Crippen LogP contribution in [0.1, 0.15) is 40.2 Å². The normalized spacial score (nSPS) is 12.3. The lowest BCUT2D eigenvalue weighted by molar-refractivity contribution is -0.139. The molecule has 0 aliphatic carbocycles. The number of ether oxygens (including phenoxy) is 1. The van der Waals surface area contributed by atoms with Gasteiger partial charge >= 0.3 is 0 Å². The topological polar surface area (TPSA) is 96.0 Å². The van der Waals surface area contributed by atoms with Crippen LogP contribution in [0, 0.1) is 5.82 Å². The summed E-state index contributed by atoms with van der Waals surface area (Å²) in [5.41, 5.74) is 0.547. The fraction of sp³-hybridized carbons (Fsp3) is 0.355. The second kappa shape index (κ2) is 13.6. The average Bonchev–Trinajstić information content (AvgIpc) is 2.92. The van der Waals surface area contributed by atoms with Crippen molar-refractivity contribution in [2.45, 2.75) is 57.5 Å². The summed E-state index contributed by atoms with van der Waals surface area (Å²) < 4.78 is 47.8. The van der Waals surface area contributed by atoms with Gasteiger partial charge in [0.25, 0.3) is 10.0 Å². The quantitative estimate of drug-likeness (QED) is 0.331. The van der Waals surface area contributed by atoms with Gasteiger partial charge in [-0.2, -0.15) is 0 Å². The Morgan fingerprint density at radius 2 is 1.56 bits per heavy atom. The maximum absolute atomic E-state index is 13.9. The first kappa shape index (κ1) is 31.6. The van der Waals surface area contributed by atoms with E-state index in [1.165, 1.54) is 41.3 Å². The van der Waals surface area contributed by atoms with Crippen LogP contribution in [0.25, 0.3) is 0 Å². The van der Waals surface area contributed by atoms with Gasteiger partial charge in [0.05, 0.1) is 17.2 Å². The summed E-state index contributed by atoms with van der Waals surface area (Å²) in [5.74, 6) is -0.977. The molecule has 0 aliphatic heterocycles. The van der Waals surface area contributed by atoms with Crippen LogP contribution >= 0.6 is 0 Å². The molecule has 0 spiro atoms. The van der Waals surface area contributed by atoms with E-state index in [9.17, 15) is 22.4 Å². The first-order valence-electron chi connectivity index (χ1n) is 13.5. The van der Waals surface area contributed by atoms with Crippen LogP contribution in [0.2, 0.25) is 0 Å². The molecule has 0 saturated heterocycles. The number of rotatable bonds is 12. The van der Waals surface area contributed by atoms with Gasteiger partial charge in [-0.3, -0.25) is 13.9 Å². The Bertz CT molecular complexity index is 1410. The van der Waals surface area contributed by atoms with Crippen LogP contribution < -0.4 is 14.4 Å². The summed E-state index contributed by atoms with van der Waals surface area (Å²) in [4.78, 5) is 28.3. The highest BCUT2D eigenvalue weighted by atomic mass is 32.2. The van der Waals surface area contributed by atoms with Crippen LogP contribution in [-0.2, 0) is 26.0 Å². The van der Waals surface area contributed by atoms with Gasteiger partial charge < -0.3 is 15.0 Å². The lowest BCUT2D eigenvalue weighted by Gasteiger charge is -2.33. The number of anilines is 1. The SMILES string of the molecule is CCOc1ccc(S(=O)(=O)N(CC(=O)N(CCc2ccccc2)[C@H](C)C(=O)NC(C)(C)C)c2ccc(F)cc2)cc1. The molecule has 0 saturated carbocycles. The summed E-state index contributed by atoms with van der Waals surface area (Å²) in [6.07, 6.45) is 0.460. The Hall–Kier alpha value is -3.92. The number of hydrogen-bond donors (Lipinski definition) is 1. The molecule has 0 heterocycles. The van der Waals surface area contributed by atoms with E-state index >= 15 is 0 Å². The minimum Gasteiger partial charge on any atom is -0.494 e. The second-order valence-electron chi connectivity index (χ2n) is 10.6. The number of nitrogens with zero attached hydrogens (tertiary/aromatic N) is 2. The van der Waals surface area contributed by atoms with Gasteiger partial charge in [-0.05, 0) is 95.1 Å². The number of hydrogen-bond acceptors (Lipinski definition) is 5. The molecule has 8 nitrogen and oxygen atoms in total. The van der Waals surface area contributed by atoms with E-state index in [2.05, 4.69) is 5.32 Å². The third-order valence-electron chi connectivity index (χ3n) is 6.27. The molecule has 1 atom stereocenters. The minimum atomic E-state index is -4.26. The Kier molecular flexibility index (Phi) is 10.5. The van der Waals surface area contributed by atoms with E-state index in [1.807, 2.05) is 58.0 Å². The largest absolute Gasteiger partial charge is 0.494 e. The van der Waals surface area contributed by atoms with Crippen molar-refractivity contribution in [2.24, 2.45) is 0 Å². The zero-order chi connectivity index (χ0) is 30.2. The number of carbonyl (C=O) groups is 2. The smallest absolute Gasteiger partial charge is 0.264 e. The molecule has 1 N–H and O–H groups in total.